The monoisotopic (exact) mass is 436 g/mol. The minimum absolute atomic E-state index is 0.0647. The van der Waals surface area contributed by atoms with Crippen LogP contribution >= 0.6 is 0 Å². The fourth-order valence-corrected chi connectivity index (χ4v) is 4.66. The molecule has 0 aliphatic carbocycles. The van der Waals surface area contributed by atoms with Gasteiger partial charge in [0.05, 0.1) is 18.3 Å². The lowest BCUT2D eigenvalue weighted by Crippen LogP contribution is -2.37. The first-order valence-corrected chi connectivity index (χ1v) is 11.4. The van der Waals surface area contributed by atoms with Crippen molar-refractivity contribution in [2.75, 3.05) is 30.8 Å². The second kappa shape index (κ2) is 9.65. The number of anilines is 2. The van der Waals surface area contributed by atoms with Crippen LogP contribution in [-0.2, 0) is 29.1 Å². The Balaban J connectivity index is 1.56. The molecule has 0 radical (unpaired) electrons. The molecule has 8 heteroatoms. The average molecular weight is 437 g/mol. The van der Waals surface area contributed by atoms with E-state index < -0.39 is 0 Å². The highest BCUT2D eigenvalue weighted by Gasteiger charge is 2.30. The molecule has 1 aromatic carbocycles. The molecule has 2 aromatic rings. The van der Waals surface area contributed by atoms with Crippen molar-refractivity contribution in [3.05, 3.63) is 46.9 Å². The summed E-state index contributed by atoms with van der Waals surface area (Å²) in [5, 5.41) is 6.06. The number of nitrogens with zero attached hydrogens (tertiary/aromatic N) is 4. The van der Waals surface area contributed by atoms with Crippen molar-refractivity contribution >= 4 is 23.3 Å². The Morgan fingerprint density at radius 3 is 2.56 bits per heavy atom. The van der Waals surface area contributed by atoms with Gasteiger partial charge in [-0.05, 0) is 37.1 Å². The van der Waals surface area contributed by atoms with E-state index in [2.05, 4.69) is 27.7 Å². The molecule has 1 fully saturated rings. The molecule has 1 atom stereocenters. The highest BCUT2D eigenvalue weighted by atomic mass is 16.2. The van der Waals surface area contributed by atoms with Crippen LogP contribution in [0.3, 0.4) is 0 Å². The predicted octanol–water partition coefficient (Wildman–Crippen LogP) is 3.11. The number of amides is 2. The Morgan fingerprint density at radius 1 is 1.09 bits per heavy atom. The maximum atomic E-state index is 11.9. The molecule has 1 aromatic heterocycles. The highest BCUT2D eigenvalue weighted by Crippen LogP contribution is 2.33. The van der Waals surface area contributed by atoms with E-state index in [1.54, 1.807) is 6.92 Å². The van der Waals surface area contributed by atoms with E-state index in [0.29, 0.717) is 13.1 Å². The average Bonchev–Trinajstić information content (AvgIpc) is 2.79. The van der Waals surface area contributed by atoms with Gasteiger partial charge in [-0.1, -0.05) is 18.6 Å². The van der Waals surface area contributed by atoms with E-state index in [-0.39, 0.29) is 17.9 Å². The van der Waals surface area contributed by atoms with E-state index in [9.17, 15) is 9.59 Å². The van der Waals surface area contributed by atoms with Crippen LogP contribution in [0, 0.1) is 0 Å². The summed E-state index contributed by atoms with van der Waals surface area (Å²) in [6.45, 7) is 6.22. The van der Waals surface area contributed by atoms with E-state index >= 15 is 0 Å². The van der Waals surface area contributed by atoms with Gasteiger partial charge < -0.3 is 15.5 Å². The Bertz CT molecular complexity index is 973. The number of aromatic nitrogens is 2. The Kier molecular flexibility index (Phi) is 6.69. The molecular formula is C24H32N6O2. The van der Waals surface area contributed by atoms with Crippen molar-refractivity contribution in [1.82, 2.24) is 19.8 Å². The van der Waals surface area contributed by atoms with Gasteiger partial charge in [-0.3, -0.25) is 14.5 Å². The quantitative estimate of drug-likeness (QED) is 0.749. The van der Waals surface area contributed by atoms with E-state index in [1.807, 2.05) is 24.1 Å². The Morgan fingerprint density at radius 2 is 1.88 bits per heavy atom. The minimum atomic E-state index is -0.0647. The number of carbonyl (C=O) groups excluding carboxylic acids is 2. The first-order chi connectivity index (χ1) is 15.4. The number of benzene rings is 1. The first kappa shape index (κ1) is 22.2. The molecular weight excluding hydrogens is 404 g/mol. The highest BCUT2D eigenvalue weighted by molar-refractivity contribution is 5.88. The fraction of sp³-hybridized carbons (Fsp3) is 0.500. The molecule has 1 saturated heterocycles. The van der Waals surface area contributed by atoms with Gasteiger partial charge in [0.2, 0.25) is 11.8 Å². The second-order valence-electron chi connectivity index (χ2n) is 8.66. The van der Waals surface area contributed by atoms with Crippen molar-refractivity contribution in [2.24, 2.45) is 0 Å². The van der Waals surface area contributed by atoms with Crippen molar-refractivity contribution in [1.29, 1.82) is 0 Å². The van der Waals surface area contributed by atoms with Crippen LogP contribution < -0.4 is 10.6 Å². The smallest absolute Gasteiger partial charge is 0.221 e. The molecule has 1 unspecified atom stereocenters. The van der Waals surface area contributed by atoms with E-state index in [1.165, 1.54) is 12.5 Å². The predicted molar refractivity (Wildman–Crippen MR) is 124 cm³/mol. The molecule has 0 spiro atoms. The third kappa shape index (κ3) is 4.91. The zero-order valence-electron chi connectivity index (χ0n) is 19.1. The van der Waals surface area contributed by atoms with Gasteiger partial charge in [0, 0.05) is 51.7 Å². The standard InChI is InChI=1S/C24H32N6O2/c1-16(31)26-19-9-7-18(8-10-19)14-30-12-5-4-6-22(30)24-27-21-11-13-29(17(2)32)15-20(21)23(25-3)28-24/h7-10,22H,4-6,11-15H2,1-3H3,(H,26,31)(H,25,27,28). The van der Waals surface area contributed by atoms with Crippen molar-refractivity contribution in [2.45, 2.75) is 58.7 Å². The summed E-state index contributed by atoms with van der Waals surface area (Å²) in [5.41, 5.74) is 4.11. The van der Waals surface area contributed by atoms with Crippen LogP contribution in [0.15, 0.2) is 24.3 Å². The second-order valence-corrected chi connectivity index (χ2v) is 8.66. The molecule has 0 bridgehead atoms. The number of rotatable bonds is 5. The zero-order valence-corrected chi connectivity index (χ0v) is 19.1. The van der Waals surface area contributed by atoms with Gasteiger partial charge in [0.15, 0.2) is 0 Å². The third-order valence-corrected chi connectivity index (χ3v) is 6.33. The summed E-state index contributed by atoms with van der Waals surface area (Å²) >= 11 is 0. The third-order valence-electron chi connectivity index (χ3n) is 6.33. The lowest BCUT2D eigenvalue weighted by molar-refractivity contribution is -0.129. The number of carbonyl (C=O) groups is 2. The SMILES string of the molecule is CNc1nc(C2CCCCN2Cc2ccc(NC(C)=O)cc2)nc2c1CN(C(C)=O)CC2. The van der Waals surface area contributed by atoms with Crippen LogP contribution in [0.25, 0.3) is 0 Å². The van der Waals surface area contributed by atoms with Crippen LogP contribution in [0.1, 0.15) is 61.8 Å². The topological polar surface area (TPSA) is 90.5 Å². The lowest BCUT2D eigenvalue weighted by Gasteiger charge is -2.36. The van der Waals surface area contributed by atoms with Gasteiger partial charge in [0.1, 0.15) is 11.6 Å². The molecule has 2 aliphatic rings. The number of piperidine rings is 1. The number of likely N-dealkylation sites (tertiary alicyclic amines) is 1. The van der Waals surface area contributed by atoms with E-state index in [4.69, 9.17) is 9.97 Å². The summed E-state index contributed by atoms with van der Waals surface area (Å²) in [5.74, 6) is 1.73. The molecule has 32 heavy (non-hydrogen) atoms. The Hall–Kier alpha value is -3.00. The first-order valence-electron chi connectivity index (χ1n) is 11.4. The number of hydrogen-bond acceptors (Lipinski definition) is 6. The molecule has 3 heterocycles. The van der Waals surface area contributed by atoms with Gasteiger partial charge in [-0.25, -0.2) is 9.97 Å². The van der Waals surface area contributed by atoms with Crippen LogP contribution in [0.4, 0.5) is 11.5 Å². The summed E-state index contributed by atoms with van der Waals surface area (Å²) < 4.78 is 0. The molecule has 8 nitrogen and oxygen atoms in total. The lowest BCUT2D eigenvalue weighted by atomic mass is 9.99. The maximum absolute atomic E-state index is 11.9. The van der Waals surface area contributed by atoms with Gasteiger partial charge in [-0.15, -0.1) is 0 Å². The molecule has 4 rings (SSSR count). The van der Waals surface area contributed by atoms with Crippen LogP contribution in [0.5, 0.6) is 0 Å². The van der Waals surface area contributed by atoms with Crippen molar-refractivity contribution < 1.29 is 9.59 Å². The molecule has 2 amide bonds. The molecule has 2 N–H and O–H groups in total. The number of hydrogen-bond donors (Lipinski definition) is 2. The van der Waals surface area contributed by atoms with Gasteiger partial charge >= 0.3 is 0 Å². The molecule has 170 valence electrons. The van der Waals surface area contributed by atoms with Crippen molar-refractivity contribution in [3.8, 4) is 0 Å². The zero-order chi connectivity index (χ0) is 22.7. The summed E-state index contributed by atoms with van der Waals surface area (Å²) in [6, 6.07) is 8.21. The molecule has 2 aliphatic heterocycles. The number of nitrogens with one attached hydrogen (secondary N) is 2. The van der Waals surface area contributed by atoms with Gasteiger partial charge in [-0.2, -0.15) is 0 Å². The summed E-state index contributed by atoms with van der Waals surface area (Å²) in [6.07, 6.45) is 4.12. The summed E-state index contributed by atoms with van der Waals surface area (Å²) in [7, 11) is 1.88. The maximum Gasteiger partial charge on any atom is 0.221 e. The van der Waals surface area contributed by atoms with Crippen molar-refractivity contribution in [3.63, 3.8) is 0 Å². The summed E-state index contributed by atoms with van der Waals surface area (Å²) in [4.78, 5) is 37.3. The Labute approximate surface area is 189 Å². The van der Waals surface area contributed by atoms with Crippen LogP contribution in [-0.4, -0.2) is 51.7 Å². The largest absolute Gasteiger partial charge is 0.373 e. The molecule has 0 saturated carbocycles. The van der Waals surface area contributed by atoms with Crippen LogP contribution in [0.2, 0.25) is 0 Å². The van der Waals surface area contributed by atoms with Gasteiger partial charge in [0.25, 0.3) is 0 Å². The minimum Gasteiger partial charge on any atom is -0.373 e. The van der Waals surface area contributed by atoms with E-state index in [0.717, 1.165) is 67.4 Å². The normalized spacial score (nSPS) is 18.7. The fourth-order valence-electron chi connectivity index (χ4n) is 4.66. The number of fused-ring (bicyclic) bond motifs is 1.